The second kappa shape index (κ2) is 9.09. The van der Waals surface area contributed by atoms with E-state index in [1.165, 1.54) is 31.2 Å². The van der Waals surface area contributed by atoms with Crippen molar-refractivity contribution >= 4 is 0 Å². The monoisotopic (exact) mass is 248 g/mol. The number of rotatable bonds is 9. The molecule has 18 heavy (non-hydrogen) atoms. The molecule has 1 N–H and O–H groups in total. The molecule has 0 aliphatic heterocycles. The summed E-state index contributed by atoms with van der Waals surface area (Å²) < 4.78 is 0. The Morgan fingerprint density at radius 1 is 1.22 bits per heavy atom. The molecule has 0 aliphatic carbocycles. The maximum absolute atomic E-state index is 4.18. The summed E-state index contributed by atoms with van der Waals surface area (Å²) in [6.45, 7) is 7.87. The number of hydrogen-bond donors (Lipinski definition) is 1. The predicted octanol–water partition coefficient (Wildman–Crippen LogP) is 3.82. The molecule has 0 amide bonds. The SMILES string of the molecule is CCNC(CCc1cccnc1)CC(CC)CC. The molecule has 2 nitrogen and oxygen atoms in total. The van der Waals surface area contributed by atoms with E-state index in [9.17, 15) is 0 Å². The second-order valence-electron chi connectivity index (χ2n) is 5.07. The Kier molecular flexibility index (Phi) is 7.66. The average molecular weight is 248 g/mol. The Morgan fingerprint density at radius 3 is 2.56 bits per heavy atom. The minimum Gasteiger partial charge on any atom is -0.314 e. The van der Waals surface area contributed by atoms with Gasteiger partial charge < -0.3 is 5.32 Å². The van der Waals surface area contributed by atoms with Gasteiger partial charge in [0.15, 0.2) is 0 Å². The largest absolute Gasteiger partial charge is 0.314 e. The molecule has 0 aliphatic rings. The van der Waals surface area contributed by atoms with Crippen LogP contribution in [0.5, 0.6) is 0 Å². The molecule has 0 fully saturated rings. The number of pyridine rings is 1. The minimum atomic E-state index is 0.653. The van der Waals surface area contributed by atoms with Crippen molar-refractivity contribution in [2.24, 2.45) is 5.92 Å². The van der Waals surface area contributed by atoms with E-state index in [0.29, 0.717) is 6.04 Å². The van der Waals surface area contributed by atoms with E-state index >= 15 is 0 Å². The van der Waals surface area contributed by atoms with Gasteiger partial charge in [0, 0.05) is 18.4 Å². The molecule has 1 unspecified atom stereocenters. The lowest BCUT2D eigenvalue weighted by Gasteiger charge is -2.22. The maximum atomic E-state index is 4.18. The summed E-state index contributed by atoms with van der Waals surface area (Å²) in [5.74, 6) is 0.864. The Bertz CT molecular complexity index is 293. The van der Waals surface area contributed by atoms with E-state index < -0.39 is 0 Å². The third kappa shape index (κ3) is 5.63. The molecule has 2 heteroatoms. The van der Waals surface area contributed by atoms with Gasteiger partial charge in [-0.15, -0.1) is 0 Å². The molecule has 1 rings (SSSR count). The fraction of sp³-hybridized carbons (Fsp3) is 0.688. The smallest absolute Gasteiger partial charge is 0.0299 e. The van der Waals surface area contributed by atoms with Crippen molar-refractivity contribution in [1.29, 1.82) is 0 Å². The van der Waals surface area contributed by atoms with Crippen LogP contribution in [0.1, 0.15) is 52.0 Å². The van der Waals surface area contributed by atoms with Crippen LogP contribution in [0.25, 0.3) is 0 Å². The fourth-order valence-corrected chi connectivity index (χ4v) is 2.50. The highest BCUT2D eigenvalue weighted by molar-refractivity contribution is 5.08. The number of aromatic nitrogens is 1. The third-order valence-corrected chi connectivity index (χ3v) is 3.77. The second-order valence-corrected chi connectivity index (χ2v) is 5.07. The molecule has 0 aromatic carbocycles. The van der Waals surface area contributed by atoms with Crippen molar-refractivity contribution in [2.75, 3.05) is 6.54 Å². The lowest BCUT2D eigenvalue weighted by molar-refractivity contribution is 0.356. The Labute approximate surface area is 112 Å². The van der Waals surface area contributed by atoms with E-state index in [1.54, 1.807) is 0 Å². The molecule has 0 saturated carbocycles. The summed E-state index contributed by atoms with van der Waals surface area (Å²) >= 11 is 0. The van der Waals surface area contributed by atoms with Gasteiger partial charge in [0.05, 0.1) is 0 Å². The van der Waals surface area contributed by atoms with Crippen molar-refractivity contribution in [3.63, 3.8) is 0 Å². The van der Waals surface area contributed by atoms with Gasteiger partial charge in [-0.25, -0.2) is 0 Å². The summed E-state index contributed by atoms with van der Waals surface area (Å²) in [4.78, 5) is 4.18. The van der Waals surface area contributed by atoms with Gasteiger partial charge in [0.2, 0.25) is 0 Å². The minimum absolute atomic E-state index is 0.653. The van der Waals surface area contributed by atoms with Gasteiger partial charge in [0.25, 0.3) is 0 Å². The Hall–Kier alpha value is -0.890. The van der Waals surface area contributed by atoms with Crippen molar-refractivity contribution in [2.45, 2.75) is 58.9 Å². The molecule has 0 radical (unpaired) electrons. The van der Waals surface area contributed by atoms with Crippen LogP contribution in [0.4, 0.5) is 0 Å². The van der Waals surface area contributed by atoms with Crippen LogP contribution < -0.4 is 5.32 Å². The van der Waals surface area contributed by atoms with E-state index in [1.807, 2.05) is 18.5 Å². The van der Waals surface area contributed by atoms with E-state index in [4.69, 9.17) is 0 Å². The average Bonchev–Trinajstić information content (AvgIpc) is 2.43. The van der Waals surface area contributed by atoms with Crippen LogP contribution in [-0.2, 0) is 6.42 Å². The van der Waals surface area contributed by atoms with E-state index in [2.05, 4.69) is 37.1 Å². The van der Waals surface area contributed by atoms with Crippen LogP contribution in [0, 0.1) is 5.92 Å². The van der Waals surface area contributed by atoms with Gasteiger partial charge >= 0.3 is 0 Å². The van der Waals surface area contributed by atoms with Crippen LogP contribution >= 0.6 is 0 Å². The summed E-state index contributed by atoms with van der Waals surface area (Å²) in [6, 6.07) is 4.85. The molecular formula is C16H28N2. The lowest BCUT2D eigenvalue weighted by Crippen LogP contribution is -2.31. The molecular weight excluding hydrogens is 220 g/mol. The van der Waals surface area contributed by atoms with Crippen molar-refractivity contribution in [3.8, 4) is 0 Å². The van der Waals surface area contributed by atoms with Crippen LogP contribution in [0.15, 0.2) is 24.5 Å². The highest BCUT2D eigenvalue weighted by Gasteiger charge is 2.13. The van der Waals surface area contributed by atoms with Gasteiger partial charge in [-0.1, -0.05) is 39.7 Å². The maximum Gasteiger partial charge on any atom is 0.0299 e. The third-order valence-electron chi connectivity index (χ3n) is 3.77. The first-order chi connectivity index (χ1) is 8.80. The first-order valence-electron chi connectivity index (χ1n) is 7.42. The molecule has 1 aromatic heterocycles. The molecule has 0 bridgehead atoms. The lowest BCUT2D eigenvalue weighted by atomic mass is 9.92. The Morgan fingerprint density at radius 2 is 2.00 bits per heavy atom. The summed E-state index contributed by atoms with van der Waals surface area (Å²) in [7, 11) is 0. The first kappa shape index (κ1) is 15.2. The van der Waals surface area contributed by atoms with Gasteiger partial charge in [-0.2, -0.15) is 0 Å². The zero-order valence-corrected chi connectivity index (χ0v) is 12.2. The first-order valence-corrected chi connectivity index (χ1v) is 7.42. The fourth-order valence-electron chi connectivity index (χ4n) is 2.50. The van der Waals surface area contributed by atoms with Crippen molar-refractivity contribution in [3.05, 3.63) is 30.1 Å². The summed E-state index contributed by atoms with van der Waals surface area (Å²) in [5.41, 5.74) is 1.35. The Balaban J connectivity index is 2.42. The number of hydrogen-bond acceptors (Lipinski definition) is 2. The highest BCUT2D eigenvalue weighted by atomic mass is 14.9. The molecule has 102 valence electrons. The molecule has 0 saturated heterocycles. The standard InChI is InChI=1S/C16H28N2/c1-4-14(5-2)12-16(18-6-3)10-9-15-8-7-11-17-13-15/h7-8,11,13-14,16,18H,4-6,9-10,12H2,1-3H3. The highest BCUT2D eigenvalue weighted by Crippen LogP contribution is 2.17. The molecule has 1 atom stereocenters. The zero-order valence-electron chi connectivity index (χ0n) is 12.2. The van der Waals surface area contributed by atoms with Gasteiger partial charge in [-0.3, -0.25) is 4.98 Å². The van der Waals surface area contributed by atoms with Crippen molar-refractivity contribution < 1.29 is 0 Å². The molecule has 0 spiro atoms. The normalized spacial score (nSPS) is 12.9. The van der Waals surface area contributed by atoms with Crippen LogP contribution in [-0.4, -0.2) is 17.6 Å². The molecule has 1 aromatic rings. The van der Waals surface area contributed by atoms with Crippen LogP contribution in [0.2, 0.25) is 0 Å². The topological polar surface area (TPSA) is 24.9 Å². The summed E-state index contributed by atoms with van der Waals surface area (Å²) in [6.07, 6.45) is 10.1. The van der Waals surface area contributed by atoms with Gasteiger partial charge in [-0.05, 0) is 43.4 Å². The molecule has 1 heterocycles. The van der Waals surface area contributed by atoms with E-state index in [-0.39, 0.29) is 0 Å². The summed E-state index contributed by atoms with van der Waals surface area (Å²) in [5, 5.41) is 3.63. The quantitative estimate of drug-likeness (QED) is 0.718. The van der Waals surface area contributed by atoms with Crippen LogP contribution in [0.3, 0.4) is 0 Å². The van der Waals surface area contributed by atoms with E-state index in [0.717, 1.165) is 18.9 Å². The van der Waals surface area contributed by atoms with Crippen molar-refractivity contribution in [1.82, 2.24) is 10.3 Å². The predicted molar refractivity (Wildman–Crippen MR) is 78.7 cm³/mol. The number of nitrogens with zero attached hydrogens (tertiary/aromatic N) is 1. The van der Waals surface area contributed by atoms with Gasteiger partial charge in [0.1, 0.15) is 0 Å². The number of aryl methyl sites for hydroxylation is 1. The zero-order chi connectivity index (χ0) is 13.2. The number of nitrogens with one attached hydrogen (secondary N) is 1.